The molecule has 2 saturated heterocycles. The highest BCUT2D eigenvalue weighted by atomic mass is 16.7. The molecule has 59 heavy (non-hydrogen) atoms. The van der Waals surface area contributed by atoms with Crippen molar-refractivity contribution in [3.63, 3.8) is 0 Å². The van der Waals surface area contributed by atoms with Crippen molar-refractivity contribution >= 4 is 0 Å². The number of benzene rings is 4. The van der Waals surface area contributed by atoms with Crippen LogP contribution in [-0.2, 0) is 82.2 Å². The molecule has 14 heteroatoms. The van der Waals surface area contributed by atoms with Crippen LogP contribution < -0.4 is 0 Å². The maximum Gasteiger partial charge on any atom is 0.187 e. The van der Waals surface area contributed by atoms with E-state index in [0.717, 1.165) is 27.8 Å². The van der Waals surface area contributed by atoms with Crippen molar-refractivity contribution in [3.8, 4) is 0 Å². The first-order valence-corrected chi connectivity index (χ1v) is 20.0. The number of hydrogen-bond acceptors (Lipinski definition) is 13. The topological polar surface area (TPSA) is 154 Å². The molecule has 2 bridgehead atoms. The molecule has 0 amide bonds. The van der Waals surface area contributed by atoms with Gasteiger partial charge in [0.2, 0.25) is 0 Å². The lowest BCUT2D eigenvalue weighted by atomic mass is 9.97. The van der Waals surface area contributed by atoms with Crippen molar-refractivity contribution in [2.24, 2.45) is 0 Å². The van der Waals surface area contributed by atoms with Gasteiger partial charge in [-0.2, -0.15) is 0 Å². The summed E-state index contributed by atoms with van der Waals surface area (Å²) in [5, 5.41) is 31.2. The number of nitrogens with zero attached hydrogens (tertiary/aromatic N) is 3. The van der Waals surface area contributed by atoms with E-state index in [2.05, 4.69) is 10.3 Å². The van der Waals surface area contributed by atoms with Crippen molar-refractivity contribution in [3.05, 3.63) is 155 Å². The fourth-order valence-corrected chi connectivity index (χ4v) is 7.62. The zero-order valence-electron chi connectivity index (χ0n) is 32.9. The summed E-state index contributed by atoms with van der Waals surface area (Å²) in [6.07, 6.45) is -7.98. The Hall–Kier alpha value is -4.42. The summed E-state index contributed by atoms with van der Waals surface area (Å²) >= 11 is 0. The first-order chi connectivity index (χ1) is 29.0. The van der Waals surface area contributed by atoms with Crippen LogP contribution in [0.4, 0.5) is 0 Å². The second-order valence-electron chi connectivity index (χ2n) is 14.9. The van der Waals surface area contributed by atoms with Gasteiger partial charge < -0.3 is 52.8 Å². The van der Waals surface area contributed by atoms with E-state index in [-0.39, 0.29) is 39.6 Å². The van der Waals surface area contributed by atoms with E-state index in [0.29, 0.717) is 18.8 Å². The van der Waals surface area contributed by atoms with Gasteiger partial charge >= 0.3 is 0 Å². The van der Waals surface area contributed by atoms with Crippen LogP contribution in [0.1, 0.15) is 33.5 Å². The average molecular weight is 810 g/mol. The van der Waals surface area contributed by atoms with Crippen LogP contribution in [0.5, 0.6) is 0 Å². The number of fused-ring (bicyclic) bond motifs is 5. The Bertz CT molecular complexity index is 2010. The molecule has 0 spiro atoms. The summed E-state index contributed by atoms with van der Waals surface area (Å²) in [5.74, 6) is 0. The van der Waals surface area contributed by atoms with E-state index in [1.165, 1.54) is 7.11 Å². The van der Waals surface area contributed by atoms with Gasteiger partial charge in [0, 0.05) is 7.11 Å². The Kier molecular flexibility index (Phi) is 14.2. The Balaban J connectivity index is 1.14. The van der Waals surface area contributed by atoms with Crippen molar-refractivity contribution in [2.45, 2.75) is 101 Å². The van der Waals surface area contributed by atoms with E-state index >= 15 is 0 Å². The van der Waals surface area contributed by atoms with Crippen molar-refractivity contribution in [1.82, 2.24) is 15.0 Å². The van der Waals surface area contributed by atoms with Crippen LogP contribution in [-0.4, -0.2) is 107 Å². The third kappa shape index (κ3) is 10.5. The highest BCUT2D eigenvalue weighted by molar-refractivity contribution is 5.27. The van der Waals surface area contributed by atoms with E-state index in [9.17, 15) is 10.2 Å². The fraction of sp³-hybridized carbons (Fsp3) is 0.422. The predicted molar refractivity (Wildman–Crippen MR) is 211 cm³/mol. The zero-order chi connectivity index (χ0) is 40.4. The van der Waals surface area contributed by atoms with Gasteiger partial charge in [-0.3, -0.25) is 0 Å². The van der Waals surface area contributed by atoms with E-state index in [4.69, 9.17) is 42.6 Å². The van der Waals surface area contributed by atoms with Crippen molar-refractivity contribution in [1.29, 1.82) is 0 Å². The first kappa shape index (κ1) is 41.3. The lowest BCUT2D eigenvalue weighted by molar-refractivity contribution is -0.346. The number of aromatic nitrogens is 3. The number of aliphatic hydroxyl groups is 2. The summed E-state index contributed by atoms with van der Waals surface area (Å²) in [4.78, 5) is 0. The van der Waals surface area contributed by atoms with E-state index in [1.54, 1.807) is 4.68 Å². The Morgan fingerprint density at radius 3 is 1.95 bits per heavy atom. The summed E-state index contributed by atoms with van der Waals surface area (Å²) in [6.45, 7) is 1.47. The van der Waals surface area contributed by atoms with E-state index in [1.807, 2.05) is 121 Å². The van der Waals surface area contributed by atoms with Gasteiger partial charge in [-0.05, 0) is 27.8 Å². The summed E-state index contributed by atoms with van der Waals surface area (Å²) in [5.41, 5.74) is 5.35. The zero-order valence-corrected chi connectivity index (χ0v) is 32.9. The molecule has 0 saturated carbocycles. The molecule has 3 aliphatic rings. The van der Waals surface area contributed by atoms with Gasteiger partial charge in [0.15, 0.2) is 12.6 Å². The molecule has 10 atom stereocenters. The number of hydrogen-bond donors (Lipinski definition) is 2. The monoisotopic (exact) mass is 809 g/mol. The van der Waals surface area contributed by atoms with Crippen LogP contribution in [0.2, 0.25) is 0 Å². The predicted octanol–water partition coefficient (Wildman–Crippen LogP) is 4.33. The Morgan fingerprint density at radius 1 is 0.661 bits per heavy atom. The highest BCUT2D eigenvalue weighted by Gasteiger charge is 2.51. The highest BCUT2D eigenvalue weighted by Crippen LogP contribution is 2.33. The van der Waals surface area contributed by atoms with Gasteiger partial charge in [-0.1, -0.05) is 120 Å². The van der Waals surface area contributed by atoms with Gasteiger partial charge in [0.05, 0.1) is 59.0 Å². The minimum atomic E-state index is -1.37. The van der Waals surface area contributed by atoms with Crippen LogP contribution in [0.15, 0.2) is 121 Å². The lowest BCUT2D eigenvalue weighted by Gasteiger charge is -2.47. The fourth-order valence-electron chi connectivity index (χ4n) is 7.62. The molecule has 0 aliphatic carbocycles. The Morgan fingerprint density at radius 2 is 1.27 bits per heavy atom. The van der Waals surface area contributed by atoms with Crippen molar-refractivity contribution < 1.29 is 52.8 Å². The number of ether oxygens (including phenoxy) is 9. The molecule has 0 radical (unpaired) electrons. The van der Waals surface area contributed by atoms with Gasteiger partial charge in [0.25, 0.3) is 0 Å². The maximum atomic E-state index is 11.4. The number of aliphatic hydroxyl groups excluding tert-OH is 2. The molecule has 1 aromatic heterocycles. The van der Waals surface area contributed by atoms with Crippen LogP contribution >= 0.6 is 0 Å². The number of rotatable bonds is 11. The third-order valence-electron chi connectivity index (χ3n) is 10.7. The smallest absolute Gasteiger partial charge is 0.187 e. The molecular weight excluding hydrogens is 759 g/mol. The summed E-state index contributed by atoms with van der Waals surface area (Å²) < 4.78 is 59.9. The number of methoxy groups -OCH3 is 1. The molecule has 0 unspecified atom stereocenters. The molecular formula is C45H51N3O11. The molecule has 3 aliphatic heterocycles. The Labute approximate surface area is 343 Å². The van der Waals surface area contributed by atoms with E-state index < -0.39 is 61.4 Å². The normalized spacial score (nSPS) is 28.9. The van der Waals surface area contributed by atoms with Crippen LogP contribution in [0, 0.1) is 0 Å². The standard InChI is InChI=1S/C45H51N3O11/c1-51-44-39(50)38(49)40-37(58-44)29-57-45-43(56-27-35-22-48(47-46-35)21-33-19-11-12-20-34(33)26-55-40)42(54-25-32-17-9-4-10-18-32)41(53-24-31-15-7-3-8-16-31)36(59-45)28-52-23-30-13-5-2-6-14-30/h2-20,22,36-45,49-50H,21,23-29H2,1H3/t36-,37-,38-,39-,40+,41-,42+,43-,44-,45+/m1/s1. The van der Waals surface area contributed by atoms with Crippen LogP contribution in [0.3, 0.4) is 0 Å². The molecule has 5 aromatic rings. The summed E-state index contributed by atoms with van der Waals surface area (Å²) in [7, 11) is 1.40. The molecule has 2 fully saturated rings. The lowest BCUT2D eigenvalue weighted by Crippen LogP contribution is -2.63. The average Bonchev–Trinajstić information content (AvgIpc) is 3.73. The third-order valence-corrected chi connectivity index (χ3v) is 10.7. The van der Waals surface area contributed by atoms with Gasteiger partial charge in [-0.25, -0.2) is 4.68 Å². The van der Waals surface area contributed by atoms with Crippen LogP contribution in [0.25, 0.3) is 0 Å². The minimum absolute atomic E-state index is 0.0592. The molecule has 312 valence electrons. The summed E-state index contributed by atoms with van der Waals surface area (Å²) in [6, 6.07) is 37.5. The minimum Gasteiger partial charge on any atom is -0.387 e. The second-order valence-corrected chi connectivity index (χ2v) is 14.9. The molecule has 8 rings (SSSR count). The molecule has 4 heterocycles. The molecule has 2 N–H and O–H groups in total. The molecule has 14 nitrogen and oxygen atoms in total. The SMILES string of the molecule is CO[C@@H]1O[C@@H]2CO[C@H]3O[C@H](COCc4ccccc4)[C@@H](OCc4ccccc4)[C@H](OCc4ccccc4)[C@H]3OCc3cn(nn3)Cc3ccccc3CO[C@@H]2[C@H](O)[C@H]1O. The van der Waals surface area contributed by atoms with Gasteiger partial charge in [0.1, 0.15) is 54.5 Å². The first-order valence-electron chi connectivity index (χ1n) is 20.0. The molecule has 4 aromatic carbocycles. The quantitative estimate of drug-likeness (QED) is 0.195. The maximum absolute atomic E-state index is 11.4. The van der Waals surface area contributed by atoms with Gasteiger partial charge in [-0.15, -0.1) is 5.10 Å². The van der Waals surface area contributed by atoms with Crippen molar-refractivity contribution in [2.75, 3.05) is 20.3 Å². The largest absolute Gasteiger partial charge is 0.387 e. The second kappa shape index (κ2) is 20.2.